The number of unbranched alkanes of at least 4 members (excludes halogenated alkanes) is 1. The van der Waals surface area contributed by atoms with Crippen molar-refractivity contribution in [3.05, 3.63) is 75.0 Å². The van der Waals surface area contributed by atoms with Gasteiger partial charge in [-0.3, -0.25) is 9.59 Å². The molecule has 1 unspecified atom stereocenters. The van der Waals surface area contributed by atoms with Gasteiger partial charge in [0.05, 0.1) is 16.9 Å². The lowest BCUT2D eigenvalue weighted by Crippen LogP contribution is -2.25. The van der Waals surface area contributed by atoms with E-state index in [1.807, 2.05) is 32.0 Å². The number of nitrogens with one attached hydrogen (secondary N) is 1. The van der Waals surface area contributed by atoms with Gasteiger partial charge in [-0.2, -0.15) is 13.2 Å². The third-order valence-corrected chi connectivity index (χ3v) is 7.07. The minimum Gasteiger partial charge on any atom is -0.485 e. The molecule has 1 amide bonds. The Balaban J connectivity index is 1.80. The molecular formula is C28H30F3NO4S. The molecule has 0 aliphatic carbocycles. The van der Waals surface area contributed by atoms with Crippen LogP contribution in [0.3, 0.4) is 0 Å². The van der Waals surface area contributed by atoms with Crippen molar-refractivity contribution in [2.75, 3.05) is 6.54 Å². The summed E-state index contributed by atoms with van der Waals surface area (Å²) in [6, 6.07) is 12.5. The minimum atomic E-state index is -4.38. The number of rotatable bonds is 11. The van der Waals surface area contributed by atoms with Crippen LogP contribution in [-0.2, 0) is 11.0 Å². The normalized spacial score (nSPS) is 12.3. The summed E-state index contributed by atoms with van der Waals surface area (Å²) in [5.74, 6) is -0.651. The first kappa shape index (κ1) is 28.2. The number of thiophene rings is 1. The lowest BCUT2D eigenvalue weighted by molar-refractivity contribution is -0.138. The van der Waals surface area contributed by atoms with Crippen LogP contribution in [0.15, 0.2) is 48.5 Å². The van der Waals surface area contributed by atoms with Crippen LogP contribution in [0.25, 0.3) is 11.1 Å². The van der Waals surface area contributed by atoms with E-state index in [0.717, 1.165) is 53.0 Å². The highest BCUT2D eigenvalue weighted by atomic mass is 32.1. The zero-order valence-electron chi connectivity index (χ0n) is 20.9. The van der Waals surface area contributed by atoms with E-state index >= 15 is 0 Å². The summed E-state index contributed by atoms with van der Waals surface area (Å²) in [6.45, 7) is 5.94. The zero-order valence-corrected chi connectivity index (χ0v) is 21.8. The largest absolute Gasteiger partial charge is 0.485 e. The number of amides is 1. The molecule has 0 saturated heterocycles. The first-order valence-corrected chi connectivity index (χ1v) is 12.9. The van der Waals surface area contributed by atoms with Crippen molar-refractivity contribution in [1.82, 2.24) is 5.32 Å². The van der Waals surface area contributed by atoms with Crippen LogP contribution < -0.4 is 10.1 Å². The van der Waals surface area contributed by atoms with Gasteiger partial charge >= 0.3 is 12.1 Å². The number of carboxylic acid groups (broad SMARTS) is 1. The number of aryl methyl sites for hydroxylation is 2. The maximum Gasteiger partial charge on any atom is 0.416 e. The average molecular weight is 534 g/mol. The second-order valence-electron chi connectivity index (χ2n) is 8.86. The number of ether oxygens (including phenoxy) is 1. The summed E-state index contributed by atoms with van der Waals surface area (Å²) in [5.41, 5.74) is 2.65. The fraction of sp³-hybridized carbons (Fsp3) is 0.357. The third kappa shape index (κ3) is 7.58. The van der Waals surface area contributed by atoms with Crippen LogP contribution in [0.5, 0.6) is 5.75 Å². The van der Waals surface area contributed by atoms with E-state index in [4.69, 9.17) is 9.84 Å². The van der Waals surface area contributed by atoms with Crippen LogP contribution in [0.4, 0.5) is 13.2 Å². The van der Waals surface area contributed by atoms with E-state index in [9.17, 15) is 22.8 Å². The monoisotopic (exact) mass is 533 g/mol. The van der Waals surface area contributed by atoms with Gasteiger partial charge in [0.25, 0.3) is 5.91 Å². The summed E-state index contributed by atoms with van der Waals surface area (Å²) in [4.78, 5) is 24.4. The van der Waals surface area contributed by atoms with E-state index in [0.29, 0.717) is 16.2 Å². The van der Waals surface area contributed by atoms with Crippen molar-refractivity contribution in [2.24, 2.45) is 0 Å². The van der Waals surface area contributed by atoms with Gasteiger partial charge in [0.2, 0.25) is 0 Å². The van der Waals surface area contributed by atoms with E-state index in [1.165, 1.54) is 23.5 Å². The van der Waals surface area contributed by atoms with Crippen LogP contribution >= 0.6 is 11.3 Å². The Bertz CT molecular complexity index is 1210. The average Bonchev–Trinajstić information content (AvgIpc) is 3.31. The smallest absolute Gasteiger partial charge is 0.416 e. The standard InChI is InChI=1S/C28H30F3NO4S/c1-4-5-6-22(23-11-12-24(37-23)27(35)32-14-13-25(33)34)36-21-15-17(2)26(18(3)16-21)19-7-9-20(10-8-19)28(29,30)31/h7-12,15-16,22H,4-6,13-14H2,1-3H3,(H,32,35)(H,33,34). The highest BCUT2D eigenvalue weighted by molar-refractivity contribution is 7.14. The van der Waals surface area contributed by atoms with Crippen molar-refractivity contribution in [2.45, 2.75) is 58.7 Å². The lowest BCUT2D eigenvalue weighted by Gasteiger charge is -2.20. The number of hydrogen-bond donors (Lipinski definition) is 2. The van der Waals surface area contributed by atoms with Crippen LogP contribution in [-0.4, -0.2) is 23.5 Å². The van der Waals surface area contributed by atoms with Crippen molar-refractivity contribution in [1.29, 1.82) is 0 Å². The van der Waals surface area contributed by atoms with Crippen molar-refractivity contribution in [3.8, 4) is 16.9 Å². The zero-order chi connectivity index (χ0) is 27.2. The molecule has 198 valence electrons. The highest BCUT2D eigenvalue weighted by Gasteiger charge is 2.30. The molecule has 9 heteroatoms. The number of carboxylic acids is 1. The molecule has 0 fully saturated rings. The predicted octanol–water partition coefficient (Wildman–Crippen LogP) is 7.57. The molecule has 3 aromatic rings. The first-order chi connectivity index (χ1) is 17.5. The van der Waals surface area contributed by atoms with Crippen molar-refractivity contribution >= 4 is 23.2 Å². The summed E-state index contributed by atoms with van der Waals surface area (Å²) in [7, 11) is 0. The number of aliphatic carboxylic acids is 1. The van der Waals surface area contributed by atoms with E-state index in [2.05, 4.69) is 12.2 Å². The topological polar surface area (TPSA) is 75.6 Å². The molecule has 1 heterocycles. The van der Waals surface area contributed by atoms with Crippen molar-refractivity contribution in [3.63, 3.8) is 0 Å². The van der Waals surface area contributed by atoms with E-state index in [1.54, 1.807) is 6.07 Å². The summed E-state index contributed by atoms with van der Waals surface area (Å²) < 4.78 is 45.2. The van der Waals surface area contributed by atoms with Gasteiger partial charge in [-0.25, -0.2) is 0 Å². The number of benzene rings is 2. The molecular weight excluding hydrogens is 503 g/mol. The SMILES string of the molecule is CCCCC(Oc1cc(C)c(-c2ccc(C(F)(F)F)cc2)c(C)c1)c1ccc(C(=O)NCCC(=O)O)s1. The Morgan fingerprint density at radius 1 is 1.05 bits per heavy atom. The molecule has 1 atom stereocenters. The van der Waals surface area contributed by atoms with Gasteiger partial charge in [-0.1, -0.05) is 25.5 Å². The van der Waals surface area contributed by atoms with Gasteiger partial charge in [0.1, 0.15) is 11.9 Å². The summed E-state index contributed by atoms with van der Waals surface area (Å²) in [5, 5.41) is 11.4. The third-order valence-electron chi connectivity index (χ3n) is 5.90. The second kappa shape index (κ2) is 12.3. The van der Waals surface area contributed by atoms with Gasteiger partial charge in [-0.05, 0) is 85.3 Å². The number of carbonyl (C=O) groups excluding carboxylic acids is 1. The molecule has 37 heavy (non-hydrogen) atoms. The molecule has 0 aliphatic rings. The molecule has 0 aliphatic heterocycles. The lowest BCUT2D eigenvalue weighted by atomic mass is 9.94. The van der Waals surface area contributed by atoms with Gasteiger partial charge in [-0.15, -0.1) is 11.3 Å². The number of carbonyl (C=O) groups is 2. The van der Waals surface area contributed by atoms with E-state index < -0.39 is 17.7 Å². The van der Waals surface area contributed by atoms with Crippen molar-refractivity contribution < 1.29 is 32.6 Å². The Hall–Kier alpha value is -3.33. The predicted molar refractivity (Wildman–Crippen MR) is 138 cm³/mol. The highest BCUT2D eigenvalue weighted by Crippen LogP contribution is 2.37. The van der Waals surface area contributed by atoms with Crippen LogP contribution in [0.2, 0.25) is 0 Å². The Kier molecular flexibility index (Phi) is 9.37. The fourth-order valence-electron chi connectivity index (χ4n) is 4.10. The molecule has 5 nitrogen and oxygen atoms in total. The molecule has 2 aromatic carbocycles. The second-order valence-corrected chi connectivity index (χ2v) is 9.97. The molecule has 0 saturated carbocycles. The molecule has 3 rings (SSSR count). The van der Waals surface area contributed by atoms with Crippen LogP contribution in [0, 0.1) is 13.8 Å². The quantitative estimate of drug-likeness (QED) is 0.267. The number of alkyl halides is 3. The molecule has 0 spiro atoms. The maximum absolute atomic E-state index is 13.0. The van der Waals surface area contributed by atoms with Gasteiger partial charge < -0.3 is 15.2 Å². The summed E-state index contributed by atoms with van der Waals surface area (Å²) in [6.07, 6.45) is -2.16. The fourth-order valence-corrected chi connectivity index (χ4v) is 5.09. The number of hydrogen-bond acceptors (Lipinski definition) is 4. The van der Waals surface area contributed by atoms with Gasteiger partial charge in [0.15, 0.2) is 0 Å². The van der Waals surface area contributed by atoms with Crippen LogP contribution in [0.1, 0.15) is 70.0 Å². The van der Waals surface area contributed by atoms with E-state index in [-0.39, 0.29) is 25.0 Å². The Morgan fingerprint density at radius 2 is 1.70 bits per heavy atom. The molecule has 0 radical (unpaired) electrons. The molecule has 2 N–H and O–H groups in total. The molecule has 1 aromatic heterocycles. The minimum absolute atomic E-state index is 0.0565. The number of halogens is 3. The Labute approximate surface area is 218 Å². The first-order valence-electron chi connectivity index (χ1n) is 12.0. The summed E-state index contributed by atoms with van der Waals surface area (Å²) >= 11 is 1.31. The van der Waals surface area contributed by atoms with Gasteiger partial charge in [0, 0.05) is 11.4 Å². The molecule has 0 bridgehead atoms. The Morgan fingerprint density at radius 3 is 2.27 bits per heavy atom. The maximum atomic E-state index is 13.0.